The van der Waals surface area contributed by atoms with E-state index in [0.717, 1.165) is 24.3 Å². The Morgan fingerprint density at radius 3 is 2.94 bits per heavy atom. The van der Waals surface area contributed by atoms with Crippen molar-refractivity contribution in [3.05, 3.63) is 11.8 Å². The molecular formula is C10H18N4OS. The molecular weight excluding hydrogens is 224 g/mol. The first-order chi connectivity index (χ1) is 7.63. The molecule has 1 aromatic heterocycles. The summed E-state index contributed by atoms with van der Waals surface area (Å²) in [6, 6.07) is 2.08. The molecule has 0 radical (unpaired) electrons. The largest absolute Gasteiger partial charge is 0.409 e. The Morgan fingerprint density at radius 2 is 2.38 bits per heavy atom. The van der Waals surface area contributed by atoms with E-state index < -0.39 is 0 Å². The van der Waals surface area contributed by atoms with Gasteiger partial charge in [0.2, 0.25) is 0 Å². The molecule has 0 aromatic carbocycles. The lowest BCUT2D eigenvalue weighted by Gasteiger charge is -2.01. The van der Waals surface area contributed by atoms with Crippen LogP contribution < -0.4 is 5.73 Å². The van der Waals surface area contributed by atoms with E-state index >= 15 is 0 Å². The minimum absolute atomic E-state index is 0.307. The van der Waals surface area contributed by atoms with Crippen molar-refractivity contribution in [3.8, 4) is 0 Å². The molecule has 0 saturated heterocycles. The van der Waals surface area contributed by atoms with E-state index in [0.29, 0.717) is 12.3 Å². The summed E-state index contributed by atoms with van der Waals surface area (Å²) < 4.78 is 1.89. The van der Waals surface area contributed by atoms with E-state index in [1.165, 1.54) is 5.03 Å². The number of aryl methyl sites for hydroxylation is 2. The number of rotatable bonds is 6. The van der Waals surface area contributed by atoms with Gasteiger partial charge in [-0.3, -0.25) is 4.68 Å². The number of amidine groups is 1. The molecule has 0 aliphatic rings. The van der Waals surface area contributed by atoms with Crippen molar-refractivity contribution in [3.63, 3.8) is 0 Å². The predicted octanol–water partition coefficient (Wildman–Crippen LogP) is 1.74. The molecule has 90 valence electrons. The van der Waals surface area contributed by atoms with Crippen LogP contribution in [0.25, 0.3) is 0 Å². The molecule has 0 aliphatic carbocycles. The number of unbranched alkanes of at least 4 members (excludes halogenated alkanes) is 1. The van der Waals surface area contributed by atoms with Gasteiger partial charge in [-0.2, -0.15) is 5.10 Å². The van der Waals surface area contributed by atoms with Crippen LogP contribution in [0.15, 0.2) is 16.2 Å². The molecule has 0 atom stereocenters. The molecule has 5 nitrogen and oxygen atoms in total. The Kier molecular flexibility index (Phi) is 5.18. The zero-order valence-corrected chi connectivity index (χ0v) is 10.5. The molecule has 0 aliphatic heterocycles. The lowest BCUT2D eigenvalue weighted by atomic mass is 10.2. The van der Waals surface area contributed by atoms with Crippen molar-refractivity contribution < 1.29 is 5.21 Å². The number of nitrogens with zero attached hydrogens (tertiary/aromatic N) is 3. The molecule has 16 heavy (non-hydrogen) atoms. The highest BCUT2D eigenvalue weighted by Gasteiger charge is 2.02. The smallest absolute Gasteiger partial charge is 0.139 e. The second-order valence-corrected chi connectivity index (χ2v) is 4.76. The molecule has 6 heteroatoms. The quantitative estimate of drug-likeness (QED) is 0.199. The van der Waals surface area contributed by atoms with Crippen molar-refractivity contribution in [1.29, 1.82) is 0 Å². The van der Waals surface area contributed by atoms with Crippen LogP contribution in [0, 0.1) is 6.92 Å². The second-order valence-electron chi connectivity index (χ2n) is 3.64. The van der Waals surface area contributed by atoms with Crippen molar-refractivity contribution in [2.24, 2.45) is 17.9 Å². The van der Waals surface area contributed by atoms with E-state index in [1.54, 1.807) is 11.8 Å². The Balaban J connectivity index is 2.19. The van der Waals surface area contributed by atoms with Crippen molar-refractivity contribution in [2.45, 2.75) is 31.2 Å². The number of nitrogens with two attached hydrogens (primary N) is 1. The molecule has 3 N–H and O–H groups in total. The van der Waals surface area contributed by atoms with E-state index in [4.69, 9.17) is 10.9 Å². The monoisotopic (exact) mass is 242 g/mol. The fraction of sp³-hybridized carbons (Fsp3) is 0.600. The van der Waals surface area contributed by atoms with Gasteiger partial charge in [-0.1, -0.05) is 5.16 Å². The third kappa shape index (κ3) is 4.14. The summed E-state index contributed by atoms with van der Waals surface area (Å²) in [5.41, 5.74) is 6.42. The molecule has 0 fully saturated rings. The number of aromatic nitrogens is 2. The number of oxime groups is 1. The maximum Gasteiger partial charge on any atom is 0.139 e. The van der Waals surface area contributed by atoms with E-state index in [9.17, 15) is 0 Å². The van der Waals surface area contributed by atoms with Gasteiger partial charge in [0.15, 0.2) is 0 Å². The topological polar surface area (TPSA) is 76.4 Å². The summed E-state index contributed by atoms with van der Waals surface area (Å²) in [7, 11) is 1.95. The Bertz CT molecular complexity index is 362. The van der Waals surface area contributed by atoms with Crippen molar-refractivity contribution in [1.82, 2.24) is 9.78 Å². The van der Waals surface area contributed by atoms with Gasteiger partial charge in [0.1, 0.15) is 5.84 Å². The Morgan fingerprint density at radius 1 is 1.62 bits per heavy atom. The fourth-order valence-corrected chi connectivity index (χ4v) is 2.40. The Labute approximate surface area is 99.7 Å². The normalized spacial score (nSPS) is 12.0. The minimum atomic E-state index is 0.307. The molecule has 0 bridgehead atoms. The first-order valence-electron chi connectivity index (χ1n) is 5.23. The molecule has 0 unspecified atom stereocenters. The Hall–Kier alpha value is -1.17. The van der Waals surface area contributed by atoms with Gasteiger partial charge in [0.25, 0.3) is 0 Å². The maximum atomic E-state index is 8.35. The van der Waals surface area contributed by atoms with Crippen LogP contribution in [-0.2, 0) is 7.05 Å². The summed E-state index contributed by atoms with van der Waals surface area (Å²) in [6.45, 7) is 1.99. The summed E-state index contributed by atoms with van der Waals surface area (Å²) in [6.07, 6.45) is 2.65. The van der Waals surface area contributed by atoms with E-state index in [2.05, 4.69) is 16.3 Å². The second kappa shape index (κ2) is 6.42. The molecule has 1 rings (SSSR count). The minimum Gasteiger partial charge on any atom is -0.409 e. The number of thioether (sulfide) groups is 1. The highest BCUT2D eigenvalue weighted by Crippen LogP contribution is 2.19. The molecule has 0 saturated carbocycles. The SMILES string of the molecule is Cc1cc(SCCCCC(N)=NO)n(C)n1. The molecule has 0 amide bonds. The third-order valence-electron chi connectivity index (χ3n) is 2.16. The van der Waals surface area contributed by atoms with Crippen LogP contribution >= 0.6 is 11.8 Å². The van der Waals surface area contributed by atoms with Gasteiger partial charge in [-0.15, -0.1) is 11.8 Å². The summed E-state index contributed by atoms with van der Waals surface area (Å²) >= 11 is 1.78. The summed E-state index contributed by atoms with van der Waals surface area (Å²) in [5.74, 6) is 1.33. The third-order valence-corrected chi connectivity index (χ3v) is 3.34. The van der Waals surface area contributed by atoms with Crippen LogP contribution in [0.2, 0.25) is 0 Å². The fourth-order valence-electron chi connectivity index (χ4n) is 1.36. The van der Waals surface area contributed by atoms with Crippen molar-refractivity contribution in [2.75, 3.05) is 5.75 Å². The van der Waals surface area contributed by atoms with Gasteiger partial charge >= 0.3 is 0 Å². The predicted molar refractivity (Wildman–Crippen MR) is 65.9 cm³/mol. The molecule has 1 heterocycles. The summed E-state index contributed by atoms with van der Waals surface area (Å²) in [5, 5.41) is 16.7. The molecule has 1 aromatic rings. The number of hydrogen-bond acceptors (Lipinski definition) is 4. The summed E-state index contributed by atoms with van der Waals surface area (Å²) in [4.78, 5) is 0. The van der Waals surface area contributed by atoms with E-state index in [-0.39, 0.29) is 0 Å². The highest BCUT2D eigenvalue weighted by molar-refractivity contribution is 7.99. The van der Waals surface area contributed by atoms with Gasteiger partial charge in [0, 0.05) is 13.5 Å². The molecule has 0 spiro atoms. The average molecular weight is 242 g/mol. The van der Waals surface area contributed by atoms with Crippen LogP contribution in [0.1, 0.15) is 25.0 Å². The van der Waals surface area contributed by atoms with Crippen LogP contribution in [0.4, 0.5) is 0 Å². The lowest BCUT2D eigenvalue weighted by Crippen LogP contribution is -2.10. The van der Waals surface area contributed by atoms with Gasteiger partial charge < -0.3 is 10.9 Å². The number of hydrogen-bond donors (Lipinski definition) is 2. The maximum absolute atomic E-state index is 8.35. The van der Waals surface area contributed by atoms with Gasteiger partial charge in [-0.05, 0) is 31.6 Å². The van der Waals surface area contributed by atoms with Crippen LogP contribution in [0.3, 0.4) is 0 Å². The van der Waals surface area contributed by atoms with Crippen LogP contribution in [0.5, 0.6) is 0 Å². The van der Waals surface area contributed by atoms with Crippen LogP contribution in [-0.4, -0.2) is 26.6 Å². The first-order valence-corrected chi connectivity index (χ1v) is 6.22. The van der Waals surface area contributed by atoms with Crippen molar-refractivity contribution >= 4 is 17.6 Å². The zero-order valence-electron chi connectivity index (χ0n) is 9.68. The average Bonchev–Trinajstić information content (AvgIpc) is 2.56. The lowest BCUT2D eigenvalue weighted by molar-refractivity contribution is 0.316. The van der Waals surface area contributed by atoms with Gasteiger partial charge in [-0.25, -0.2) is 0 Å². The first kappa shape index (κ1) is 12.9. The standard InChI is InChI=1S/C10H18N4OS/c1-8-7-10(14(2)12-8)16-6-4-3-5-9(11)13-15/h7,15H,3-6H2,1-2H3,(H2,11,13). The zero-order chi connectivity index (χ0) is 12.0. The van der Waals surface area contributed by atoms with E-state index in [1.807, 2.05) is 18.7 Å². The van der Waals surface area contributed by atoms with Gasteiger partial charge in [0.05, 0.1) is 10.7 Å². The highest BCUT2D eigenvalue weighted by atomic mass is 32.2.